The van der Waals surface area contributed by atoms with Gasteiger partial charge in [-0.1, -0.05) is 43.8 Å². The van der Waals surface area contributed by atoms with Crippen LogP contribution in [-0.4, -0.2) is 11.9 Å². The highest BCUT2D eigenvalue weighted by Crippen LogP contribution is 2.33. The molecule has 0 heterocycles. The molecule has 0 saturated heterocycles. The summed E-state index contributed by atoms with van der Waals surface area (Å²) in [7, 11) is 0. The number of carbonyl (C=O) groups excluding carboxylic acids is 2. The van der Waals surface area contributed by atoms with Crippen molar-refractivity contribution in [2.75, 3.05) is 0 Å². The van der Waals surface area contributed by atoms with Crippen molar-refractivity contribution in [2.24, 2.45) is 5.41 Å². The van der Waals surface area contributed by atoms with Gasteiger partial charge in [0.05, 0.1) is 11.9 Å². The first-order chi connectivity index (χ1) is 8.44. The largest absolute Gasteiger partial charge is 0.549 e. The summed E-state index contributed by atoms with van der Waals surface area (Å²) in [5.41, 5.74) is -1.36. The maximum absolute atomic E-state index is 11.3. The Morgan fingerprint density at radius 2 is 1.78 bits per heavy atom. The molecule has 0 aliphatic heterocycles. The van der Waals surface area contributed by atoms with E-state index < -0.39 is 22.9 Å². The van der Waals surface area contributed by atoms with E-state index in [1.807, 2.05) is 0 Å². The third-order valence-corrected chi connectivity index (χ3v) is 3.17. The molecule has 0 aliphatic rings. The molecule has 18 heavy (non-hydrogen) atoms. The molecule has 0 amide bonds. The van der Waals surface area contributed by atoms with E-state index in [9.17, 15) is 19.8 Å². The fourth-order valence-electron chi connectivity index (χ4n) is 1.92. The van der Waals surface area contributed by atoms with Gasteiger partial charge in [-0.25, -0.2) is 0 Å². The molecule has 96 valence electrons. The van der Waals surface area contributed by atoms with Crippen LogP contribution in [0.5, 0.6) is 0 Å². The molecule has 0 bridgehead atoms. The van der Waals surface area contributed by atoms with Crippen LogP contribution in [0.4, 0.5) is 0 Å². The molecule has 1 rings (SSSR count). The van der Waals surface area contributed by atoms with Gasteiger partial charge in [-0.3, -0.25) is 0 Å². The van der Waals surface area contributed by atoms with Crippen LogP contribution in [0.25, 0.3) is 0 Å². The molecule has 0 spiro atoms. The number of rotatable bonds is 6. The van der Waals surface area contributed by atoms with Crippen molar-refractivity contribution < 1.29 is 19.8 Å². The number of carboxylic acids is 2. The van der Waals surface area contributed by atoms with Crippen molar-refractivity contribution in [3.63, 3.8) is 0 Å². The molecular weight excluding hydrogens is 232 g/mol. The van der Waals surface area contributed by atoms with Crippen LogP contribution < -0.4 is 10.2 Å². The highest BCUT2D eigenvalue weighted by molar-refractivity contribution is 5.94. The second-order valence-corrected chi connectivity index (χ2v) is 4.15. The predicted molar refractivity (Wildman–Crippen MR) is 62.0 cm³/mol. The summed E-state index contributed by atoms with van der Waals surface area (Å²) in [6.45, 7) is 4.92. The third kappa shape index (κ3) is 2.59. The Morgan fingerprint density at radius 3 is 2.17 bits per heavy atom. The number of benzene rings is 1. The number of hydrogen-bond donors (Lipinski definition) is 0. The summed E-state index contributed by atoms with van der Waals surface area (Å²) in [6, 6.07) is 8.77. The summed E-state index contributed by atoms with van der Waals surface area (Å²) in [5.74, 6) is -3.00. The zero-order valence-corrected chi connectivity index (χ0v) is 10.1. The Hall–Kier alpha value is -2.10. The summed E-state index contributed by atoms with van der Waals surface area (Å²) in [5, 5.41) is 22.2. The second-order valence-electron chi connectivity index (χ2n) is 4.15. The van der Waals surface area contributed by atoms with Crippen molar-refractivity contribution in [2.45, 2.75) is 19.8 Å². The molecule has 0 aliphatic carbocycles. The zero-order valence-electron chi connectivity index (χ0n) is 10.1. The van der Waals surface area contributed by atoms with Gasteiger partial charge in [0.1, 0.15) is 0 Å². The number of hydrogen-bond acceptors (Lipinski definition) is 4. The zero-order chi connectivity index (χ0) is 13.8. The van der Waals surface area contributed by atoms with E-state index in [2.05, 4.69) is 6.58 Å². The van der Waals surface area contributed by atoms with Crippen LogP contribution in [-0.2, 0) is 16.0 Å². The normalized spacial score (nSPS) is 13.6. The Labute approximate surface area is 106 Å². The van der Waals surface area contributed by atoms with Gasteiger partial charge in [-0.2, -0.15) is 0 Å². The van der Waals surface area contributed by atoms with Gasteiger partial charge < -0.3 is 19.8 Å². The molecule has 1 aromatic rings. The van der Waals surface area contributed by atoms with Gasteiger partial charge in [-0.05, 0) is 24.0 Å². The van der Waals surface area contributed by atoms with Crippen molar-refractivity contribution >= 4 is 11.9 Å². The molecule has 1 atom stereocenters. The molecule has 0 aromatic heterocycles. The highest BCUT2D eigenvalue weighted by Gasteiger charge is 2.34. The minimum absolute atomic E-state index is 0.0273. The van der Waals surface area contributed by atoms with E-state index in [1.54, 1.807) is 37.3 Å². The van der Waals surface area contributed by atoms with E-state index in [4.69, 9.17) is 0 Å². The third-order valence-electron chi connectivity index (χ3n) is 3.17. The van der Waals surface area contributed by atoms with Crippen LogP contribution in [0, 0.1) is 5.41 Å². The highest BCUT2D eigenvalue weighted by atomic mass is 16.4. The van der Waals surface area contributed by atoms with E-state index in [0.29, 0.717) is 5.56 Å². The summed E-state index contributed by atoms with van der Waals surface area (Å²) in [6.07, 6.45) is 0.108. The minimum atomic E-state index is -1.62. The standard InChI is InChI=1S/C14H16O4/c1-3-14(13(17)18,10(2)12(15)16)9-11-7-5-4-6-8-11/h4-8H,2-3,9H2,1H3,(H,15,16)(H,17,18)/p-2. The van der Waals surface area contributed by atoms with Gasteiger partial charge in [-0.15, -0.1) is 0 Å². The number of carboxylic acid groups (broad SMARTS) is 2. The fraction of sp³-hybridized carbons (Fsp3) is 0.286. The predicted octanol–water partition coefficient (Wildman–Crippen LogP) is -0.318. The molecular formula is C14H14O4-2. The summed E-state index contributed by atoms with van der Waals surface area (Å²) < 4.78 is 0. The lowest BCUT2D eigenvalue weighted by atomic mass is 9.73. The first kappa shape index (κ1) is 14.0. The first-order valence-electron chi connectivity index (χ1n) is 5.60. The van der Waals surface area contributed by atoms with E-state index in [0.717, 1.165) is 0 Å². The van der Waals surface area contributed by atoms with Crippen LogP contribution in [0.3, 0.4) is 0 Å². The smallest absolute Gasteiger partial charge is 0.0678 e. The van der Waals surface area contributed by atoms with E-state index >= 15 is 0 Å². The number of carbonyl (C=O) groups is 2. The fourth-order valence-corrected chi connectivity index (χ4v) is 1.92. The molecule has 0 radical (unpaired) electrons. The molecule has 0 N–H and O–H groups in total. The topological polar surface area (TPSA) is 80.3 Å². The molecule has 4 heteroatoms. The molecule has 4 nitrogen and oxygen atoms in total. The lowest BCUT2D eigenvalue weighted by Crippen LogP contribution is -2.48. The van der Waals surface area contributed by atoms with Crippen molar-refractivity contribution in [3.05, 3.63) is 48.0 Å². The van der Waals surface area contributed by atoms with Gasteiger partial charge >= 0.3 is 0 Å². The lowest BCUT2D eigenvalue weighted by Gasteiger charge is -2.36. The minimum Gasteiger partial charge on any atom is -0.549 e. The van der Waals surface area contributed by atoms with Crippen molar-refractivity contribution in [1.29, 1.82) is 0 Å². The summed E-state index contributed by atoms with van der Waals surface area (Å²) in [4.78, 5) is 22.2. The molecule has 0 fully saturated rings. The van der Waals surface area contributed by atoms with Gasteiger partial charge in [0, 0.05) is 5.41 Å². The van der Waals surface area contributed by atoms with Crippen LogP contribution in [0.2, 0.25) is 0 Å². The van der Waals surface area contributed by atoms with Crippen molar-refractivity contribution in [3.8, 4) is 0 Å². The van der Waals surface area contributed by atoms with E-state index in [1.165, 1.54) is 0 Å². The molecule has 1 unspecified atom stereocenters. The Morgan fingerprint density at radius 1 is 1.22 bits per heavy atom. The quantitative estimate of drug-likeness (QED) is 0.644. The van der Waals surface area contributed by atoms with Gasteiger partial charge in [0.15, 0.2) is 0 Å². The van der Waals surface area contributed by atoms with Crippen LogP contribution in [0.15, 0.2) is 42.5 Å². The average molecular weight is 246 g/mol. The van der Waals surface area contributed by atoms with Crippen LogP contribution >= 0.6 is 0 Å². The SMILES string of the molecule is C=C(C(=O)[O-])C(CC)(Cc1ccccc1)C(=O)[O-]. The van der Waals surface area contributed by atoms with E-state index in [-0.39, 0.29) is 12.8 Å². The van der Waals surface area contributed by atoms with Crippen molar-refractivity contribution in [1.82, 2.24) is 0 Å². The summed E-state index contributed by atoms with van der Waals surface area (Å²) >= 11 is 0. The Balaban J connectivity index is 3.17. The van der Waals surface area contributed by atoms with Crippen LogP contribution in [0.1, 0.15) is 18.9 Å². The molecule has 0 saturated carbocycles. The average Bonchev–Trinajstić information content (AvgIpc) is 2.36. The van der Waals surface area contributed by atoms with Gasteiger partial charge in [0.2, 0.25) is 0 Å². The van der Waals surface area contributed by atoms with Gasteiger partial charge in [0.25, 0.3) is 0 Å². The first-order valence-corrected chi connectivity index (χ1v) is 5.60. The number of aliphatic carboxylic acids is 2. The second kappa shape index (κ2) is 5.49. The monoisotopic (exact) mass is 246 g/mol. The Kier molecular flexibility index (Phi) is 4.26. The maximum atomic E-state index is 11.3. The Bertz CT molecular complexity index is 464. The maximum Gasteiger partial charge on any atom is 0.0678 e. The molecule has 1 aromatic carbocycles. The lowest BCUT2D eigenvalue weighted by molar-refractivity contribution is -0.322.